The zero-order valence-corrected chi connectivity index (χ0v) is 19.3. The molecule has 0 radical (unpaired) electrons. The van der Waals surface area contributed by atoms with Gasteiger partial charge in [0, 0.05) is 47.8 Å². The minimum atomic E-state index is -0.931. The predicted molar refractivity (Wildman–Crippen MR) is 126 cm³/mol. The molecular weight excluding hydrogens is 422 g/mol. The van der Waals surface area contributed by atoms with Gasteiger partial charge in [0.15, 0.2) is 0 Å². The van der Waals surface area contributed by atoms with Crippen molar-refractivity contribution in [1.29, 1.82) is 0 Å². The summed E-state index contributed by atoms with van der Waals surface area (Å²) in [5.74, 6) is 0.669. The van der Waals surface area contributed by atoms with Gasteiger partial charge in [0.05, 0.1) is 29.9 Å². The number of pyridine rings is 1. The van der Waals surface area contributed by atoms with Crippen LogP contribution in [0.3, 0.4) is 0 Å². The molecule has 1 aromatic carbocycles. The van der Waals surface area contributed by atoms with E-state index in [1.165, 1.54) is 5.56 Å². The van der Waals surface area contributed by atoms with Gasteiger partial charge in [-0.1, -0.05) is 13.0 Å². The molecule has 0 unspecified atom stereocenters. The van der Waals surface area contributed by atoms with E-state index in [0.29, 0.717) is 5.95 Å². The summed E-state index contributed by atoms with van der Waals surface area (Å²) in [7, 11) is 0. The van der Waals surface area contributed by atoms with Gasteiger partial charge in [-0.05, 0) is 61.2 Å². The number of hydrogen-bond donors (Lipinski definition) is 2. The van der Waals surface area contributed by atoms with Crippen molar-refractivity contribution in [3.63, 3.8) is 0 Å². The summed E-state index contributed by atoms with van der Waals surface area (Å²) < 4.78 is 8.92. The maximum Gasteiger partial charge on any atom is 0.229 e. The monoisotopic (exact) mass is 449 g/mol. The SMILES string of the molecule is CCNSc1ccc2c(c1)N(c1ncc(-c3cc(C(C)(C)O)ccn3)cn1)CC21COC1. The molecule has 0 aliphatic carbocycles. The number of nitrogens with one attached hydrogen (secondary N) is 1. The molecule has 0 atom stereocenters. The van der Waals surface area contributed by atoms with E-state index in [-0.39, 0.29) is 5.41 Å². The van der Waals surface area contributed by atoms with Crippen molar-refractivity contribution < 1.29 is 9.84 Å². The highest BCUT2D eigenvalue weighted by Crippen LogP contribution is 2.48. The molecule has 3 aromatic rings. The fraction of sp³-hybridized carbons (Fsp3) is 0.375. The van der Waals surface area contributed by atoms with Crippen LogP contribution < -0.4 is 9.62 Å². The Bertz CT molecular complexity index is 1130. The molecule has 2 aliphatic heterocycles. The van der Waals surface area contributed by atoms with Crippen LogP contribution >= 0.6 is 11.9 Å². The summed E-state index contributed by atoms with van der Waals surface area (Å²) in [6.07, 6.45) is 5.31. The van der Waals surface area contributed by atoms with E-state index in [4.69, 9.17) is 14.7 Å². The van der Waals surface area contributed by atoms with Crippen molar-refractivity contribution in [3.8, 4) is 11.3 Å². The van der Waals surface area contributed by atoms with Crippen LogP contribution in [0.1, 0.15) is 31.9 Å². The molecule has 8 heteroatoms. The number of nitrogens with zero attached hydrogens (tertiary/aromatic N) is 4. The van der Waals surface area contributed by atoms with Crippen LogP contribution in [0.25, 0.3) is 11.3 Å². The Morgan fingerprint density at radius 3 is 2.59 bits per heavy atom. The molecule has 4 heterocycles. The molecule has 0 bridgehead atoms. The summed E-state index contributed by atoms with van der Waals surface area (Å²) in [6, 6.07) is 10.3. The van der Waals surface area contributed by atoms with Gasteiger partial charge >= 0.3 is 0 Å². The maximum absolute atomic E-state index is 10.3. The van der Waals surface area contributed by atoms with Crippen molar-refractivity contribution in [2.45, 2.75) is 36.7 Å². The molecule has 2 N–H and O–H groups in total. The third kappa shape index (κ3) is 3.77. The van der Waals surface area contributed by atoms with Crippen LogP contribution in [0.2, 0.25) is 0 Å². The van der Waals surface area contributed by atoms with E-state index in [9.17, 15) is 5.11 Å². The summed E-state index contributed by atoms with van der Waals surface area (Å²) in [4.78, 5) is 17.2. The Labute approximate surface area is 192 Å². The van der Waals surface area contributed by atoms with E-state index < -0.39 is 5.60 Å². The highest BCUT2D eigenvalue weighted by molar-refractivity contribution is 7.97. The summed E-state index contributed by atoms with van der Waals surface area (Å²) in [6.45, 7) is 8.77. The van der Waals surface area contributed by atoms with Gasteiger partial charge < -0.3 is 14.7 Å². The van der Waals surface area contributed by atoms with Gasteiger partial charge in [-0.15, -0.1) is 0 Å². The van der Waals surface area contributed by atoms with E-state index in [0.717, 1.165) is 53.7 Å². The lowest BCUT2D eigenvalue weighted by molar-refractivity contribution is -0.0507. The number of rotatable bonds is 6. The highest BCUT2D eigenvalue weighted by Gasteiger charge is 2.49. The Balaban J connectivity index is 1.46. The van der Waals surface area contributed by atoms with Crippen molar-refractivity contribution in [3.05, 3.63) is 60.0 Å². The zero-order valence-electron chi connectivity index (χ0n) is 18.5. The third-order valence-corrected chi connectivity index (χ3v) is 6.95. The smallest absolute Gasteiger partial charge is 0.229 e. The number of ether oxygens (including phenoxy) is 1. The van der Waals surface area contributed by atoms with Crippen LogP contribution in [0.4, 0.5) is 11.6 Å². The van der Waals surface area contributed by atoms with Crippen LogP contribution in [-0.4, -0.2) is 46.4 Å². The molecule has 0 amide bonds. The molecule has 2 aromatic heterocycles. The molecule has 0 saturated carbocycles. The molecule has 7 nitrogen and oxygen atoms in total. The lowest BCUT2D eigenvalue weighted by Gasteiger charge is -2.38. The lowest BCUT2D eigenvalue weighted by atomic mass is 9.81. The van der Waals surface area contributed by atoms with Gasteiger partial charge in [0.1, 0.15) is 0 Å². The fourth-order valence-corrected chi connectivity index (χ4v) is 4.83. The summed E-state index contributed by atoms with van der Waals surface area (Å²) >= 11 is 1.63. The van der Waals surface area contributed by atoms with Crippen LogP contribution in [0, 0.1) is 0 Å². The number of benzene rings is 1. The van der Waals surface area contributed by atoms with Gasteiger partial charge in [-0.3, -0.25) is 9.71 Å². The van der Waals surface area contributed by atoms with E-state index in [1.54, 1.807) is 44.4 Å². The van der Waals surface area contributed by atoms with Gasteiger partial charge in [0.2, 0.25) is 5.95 Å². The largest absolute Gasteiger partial charge is 0.386 e. The number of aliphatic hydroxyl groups is 1. The zero-order chi connectivity index (χ0) is 22.3. The maximum atomic E-state index is 10.3. The fourth-order valence-electron chi connectivity index (χ4n) is 4.21. The van der Waals surface area contributed by atoms with Gasteiger partial charge in [0.25, 0.3) is 0 Å². The predicted octanol–water partition coefficient (Wildman–Crippen LogP) is 3.80. The standard InChI is InChI=1S/C24H27N5O2S/c1-4-28-32-18-5-6-19-21(10-18)29(13-24(19)14-31-15-24)22-26-11-16(12-27-22)20-9-17(7-8-25-20)23(2,3)30/h5-12,28,30H,4,13-15H2,1-3H3. The van der Waals surface area contributed by atoms with E-state index >= 15 is 0 Å². The topological polar surface area (TPSA) is 83.4 Å². The molecule has 5 rings (SSSR count). The van der Waals surface area contributed by atoms with Crippen LogP contribution in [0.5, 0.6) is 0 Å². The molecule has 1 spiro atoms. The molecule has 1 saturated heterocycles. The van der Waals surface area contributed by atoms with Crippen molar-refractivity contribution >= 4 is 23.6 Å². The Hall–Kier alpha value is -2.52. The quantitative estimate of drug-likeness (QED) is 0.550. The third-order valence-electron chi connectivity index (χ3n) is 6.02. The van der Waals surface area contributed by atoms with E-state index in [1.807, 2.05) is 12.1 Å². The molecule has 166 valence electrons. The van der Waals surface area contributed by atoms with Crippen LogP contribution in [0.15, 0.2) is 53.8 Å². The second-order valence-corrected chi connectivity index (χ2v) is 9.86. The average molecular weight is 450 g/mol. The molecular formula is C24H27N5O2S. The van der Waals surface area contributed by atoms with Crippen molar-refractivity contribution in [1.82, 2.24) is 19.7 Å². The first-order valence-corrected chi connectivity index (χ1v) is 11.6. The second kappa shape index (κ2) is 8.12. The second-order valence-electron chi connectivity index (χ2n) is 8.90. The molecule has 32 heavy (non-hydrogen) atoms. The number of fused-ring (bicyclic) bond motifs is 2. The normalized spacial score (nSPS) is 16.8. The Morgan fingerprint density at radius 1 is 1.16 bits per heavy atom. The first-order valence-electron chi connectivity index (χ1n) is 10.8. The average Bonchev–Trinajstić information content (AvgIpc) is 3.13. The van der Waals surface area contributed by atoms with Crippen molar-refractivity contribution in [2.24, 2.45) is 0 Å². The first-order chi connectivity index (χ1) is 15.4. The first kappa shape index (κ1) is 21.3. The van der Waals surface area contributed by atoms with Crippen LogP contribution in [-0.2, 0) is 15.8 Å². The minimum Gasteiger partial charge on any atom is -0.386 e. The number of anilines is 2. The Kier molecular flexibility index (Phi) is 5.41. The van der Waals surface area contributed by atoms with E-state index in [2.05, 4.69) is 39.7 Å². The highest BCUT2D eigenvalue weighted by atomic mass is 32.2. The van der Waals surface area contributed by atoms with Gasteiger partial charge in [-0.2, -0.15) is 0 Å². The van der Waals surface area contributed by atoms with Gasteiger partial charge in [-0.25, -0.2) is 9.97 Å². The Morgan fingerprint density at radius 2 is 1.94 bits per heavy atom. The lowest BCUT2D eigenvalue weighted by Crippen LogP contribution is -2.49. The molecule has 2 aliphatic rings. The van der Waals surface area contributed by atoms with Crippen molar-refractivity contribution in [2.75, 3.05) is 31.2 Å². The number of hydrogen-bond acceptors (Lipinski definition) is 8. The number of aromatic nitrogens is 3. The summed E-state index contributed by atoms with van der Waals surface area (Å²) in [5.41, 5.74) is 3.89. The minimum absolute atomic E-state index is 0.0152. The summed E-state index contributed by atoms with van der Waals surface area (Å²) in [5, 5.41) is 10.3. The molecule has 1 fully saturated rings.